The Bertz CT molecular complexity index is 940. The summed E-state index contributed by atoms with van der Waals surface area (Å²) in [6.45, 7) is 1.99. The highest BCUT2D eigenvalue weighted by Crippen LogP contribution is 2.28. The molecular formula is C21H17N3. The van der Waals surface area contributed by atoms with E-state index in [-0.39, 0.29) is 0 Å². The lowest BCUT2D eigenvalue weighted by Gasteiger charge is -2.07. The van der Waals surface area contributed by atoms with E-state index in [1.165, 1.54) is 0 Å². The normalized spacial score (nSPS) is 10.7. The van der Waals surface area contributed by atoms with Crippen molar-refractivity contribution >= 4 is 0 Å². The molecule has 0 saturated heterocycles. The van der Waals surface area contributed by atoms with Crippen LogP contribution in [0.25, 0.3) is 28.2 Å². The number of aryl methyl sites for hydroxylation is 1. The first kappa shape index (κ1) is 14.4. The van der Waals surface area contributed by atoms with Gasteiger partial charge < -0.3 is 0 Å². The van der Waals surface area contributed by atoms with E-state index in [2.05, 4.69) is 41.4 Å². The molecule has 2 heterocycles. The van der Waals surface area contributed by atoms with Gasteiger partial charge in [-0.25, -0.2) is 4.68 Å². The first-order valence-corrected chi connectivity index (χ1v) is 7.95. The second kappa shape index (κ2) is 6.13. The molecule has 0 aliphatic heterocycles. The minimum Gasteiger partial charge on any atom is -0.259 e. The van der Waals surface area contributed by atoms with Gasteiger partial charge in [-0.15, -0.1) is 0 Å². The first-order chi connectivity index (χ1) is 11.8. The minimum absolute atomic E-state index is 0.954. The fraction of sp³-hybridized carbons (Fsp3) is 0.0476. The molecule has 116 valence electrons. The number of hydrogen-bond acceptors (Lipinski definition) is 2. The molecule has 0 unspecified atom stereocenters. The summed E-state index contributed by atoms with van der Waals surface area (Å²) in [5, 5.41) is 4.83. The van der Waals surface area contributed by atoms with E-state index < -0.39 is 0 Å². The molecule has 0 spiro atoms. The predicted octanol–water partition coefficient (Wildman–Crippen LogP) is 4.91. The van der Waals surface area contributed by atoms with E-state index >= 15 is 0 Å². The van der Waals surface area contributed by atoms with Crippen LogP contribution in [0.4, 0.5) is 0 Å². The zero-order chi connectivity index (χ0) is 16.4. The Hall–Kier alpha value is -3.20. The van der Waals surface area contributed by atoms with Gasteiger partial charge >= 0.3 is 0 Å². The van der Waals surface area contributed by atoms with E-state index in [1.807, 2.05) is 60.3 Å². The van der Waals surface area contributed by atoms with Crippen LogP contribution in [0.3, 0.4) is 0 Å². The zero-order valence-electron chi connectivity index (χ0n) is 13.4. The van der Waals surface area contributed by atoms with Crippen LogP contribution in [0, 0.1) is 6.92 Å². The molecule has 0 saturated carbocycles. The summed E-state index contributed by atoms with van der Waals surface area (Å²) in [6.07, 6.45) is 1.86. The Balaban J connectivity index is 1.90. The molecule has 0 atom stereocenters. The summed E-state index contributed by atoms with van der Waals surface area (Å²) >= 11 is 0. The monoisotopic (exact) mass is 311 g/mol. The van der Waals surface area contributed by atoms with Crippen LogP contribution in [-0.2, 0) is 0 Å². The van der Waals surface area contributed by atoms with Crippen molar-refractivity contribution in [3.8, 4) is 28.2 Å². The molecule has 2 aromatic heterocycles. The Labute approximate surface area is 141 Å². The van der Waals surface area contributed by atoms with Crippen LogP contribution in [-0.4, -0.2) is 14.8 Å². The van der Waals surface area contributed by atoms with Gasteiger partial charge in [0.25, 0.3) is 0 Å². The fourth-order valence-corrected chi connectivity index (χ4v) is 2.73. The van der Waals surface area contributed by atoms with E-state index in [4.69, 9.17) is 5.10 Å². The van der Waals surface area contributed by atoms with Gasteiger partial charge in [0.05, 0.1) is 23.3 Å². The molecule has 0 amide bonds. The van der Waals surface area contributed by atoms with Gasteiger partial charge in [-0.3, -0.25) is 4.98 Å². The lowest BCUT2D eigenvalue weighted by molar-refractivity contribution is 0.882. The largest absolute Gasteiger partial charge is 0.259 e. The van der Waals surface area contributed by atoms with Gasteiger partial charge in [-0.2, -0.15) is 5.10 Å². The van der Waals surface area contributed by atoms with Crippen molar-refractivity contribution in [2.75, 3.05) is 0 Å². The number of nitrogens with zero attached hydrogens (tertiary/aromatic N) is 3. The maximum Gasteiger partial charge on any atom is 0.0934 e. The summed E-state index contributed by atoms with van der Waals surface area (Å²) in [5.74, 6) is 0. The Morgan fingerprint density at radius 1 is 0.750 bits per heavy atom. The molecule has 0 radical (unpaired) electrons. The van der Waals surface area contributed by atoms with E-state index in [1.54, 1.807) is 0 Å². The standard InChI is InChI=1S/C21H17N3/c1-16-12-13-19(15-22-16)24-21(18-10-6-3-7-11-18)14-20(23-24)17-8-4-2-5-9-17/h2-15H,1H3. The third-order valence-electron chi connectivity index (χ3n) is 3.99. The van der Waals surface area contributed by atoms with Crippen molar-refractivity contribution in [1.82, 2.24) is 14.8 Å². The van der Waals surface area contributed by atoms with Crippen LogP contribution in [0.1, 0.15) is 5.69 Å². The Morgan fingerprint density at radius 3 is 2.04 bits per heavy atom. The van der Waals surface area contributed by atoms with Crippen molar-refractivity contribution < 1.29 is 0 Å². The molecule has 0 fully saturated rings. The van der Waals surface area contributed by atoms with Crippen LogP contribution in [0.2, 0.25) is 0 Å². The molecule has 2 aromatic carbocycles. The van der Waals surface area contributed by atoms with Gasteiger partial charge in [-0.05, 0) is 25.1 Å². The molecule has 0 aliphatic rings. The molecular weight excluding hydrogens is 294 g/mol. The number of aromatic nitrogens is 3. The van der Waals surface area contributed by atoms with Gasteiger partial charge in [0.15, 0.2) is 0 Å². The van der Waals surface area contributed by atoms with Gasteiger partial charge in [0.2, 0.25) is 0 Å². The summed E-state index contributed by atoms with van der Waals surface area (Å²) in [6, 6.07) is 26.7. The van der Waals surface area contributed by atoms with Crippen LogP contribution in [0.15, 0.2) is 85.1 Å². The topological polar surface area (TPSA) is 30.7 Å². The van der Waals surface area contributed by atoms with Crippen molar-refractivity contribution in [2.24, 2.45) is 0 Å². The summed E-state index contributed by atoms with van der Waals surface area (Å²) in [5.41, 5.74) is 6.20. The second-order valence-electron chi connectivity index (χ2n) is 5.72. The molecule has 4 rings (SSSR count). The van der Waals surface area contributed by atoms with Crippen LogP contribution >= 0.6 is 0 Å². The smallest absolute Gasteiger partial charge is 0.0934 e. The Kier molecular flexibility index (Phi) is 3.67. The number of hydrogen-bond donors (Lipinski definition) is 0. The maximum absolute atomic E-state index is 4.83. The fourth-order valence-electron chi connectivity index (χ4n) is 2.73. The molecule has 3 heteroatoms. The minimum atomic E-state index is 0.954. The zero-order valence-corrected chi connectivity index (χ0v) is 13.4. The molecule has 0 N–H and O–H groups in total. The average Bonchev–Trinajstić information content (AvgIpc) is 3.09. The highest BCUT2D eigenvalue weighted by molar-refractivity contribution is 5.70. The summed E-state index contributed by atoms with van der Waals surface area (Å²) < 4.78 is 1.96. The van der Waals surface area contributed by atoms with Crippen molar-refractivity contribution in [3.63, 3.8) is 0 Å². The van der Waals surface area contributed by atoms with Gasteiger partial charge in [0, 0.05) is 16.8 Å². The summed E-state index contributed by atoms with van der Waals surface area (Å²) in [7, 11) is 0. The molecule has 0 aliphatic carbocycles. The van der Waals surface area contributed by atoms with Crippen LogP contribution < -0.4 is 0 Å². The average molecular weight is 311 g/mol. The van der Waals surface area contributed by atoms with Gasteiger partial charge in [-0.1, -0.05) is 60.7 Å². The lowest BCUT2D eigenvalue weighted by atomic mass is 10.1. The second-order valence-corrected chi connectivity index (χ2v) is 5.72. The van der Waals surface area contributed by atoms with E-state index in [9.17, 15) is 0 Å². The van der Waals surface area contributed by atoms with Crippen molar-refractivity contribution in [2.45, 2.75) is 6.92 Å². The van der Waals surface area contributed by atoms with Crippen molar-refractivity contribution in [3.05, 3.63) is 90.8 Å². The maximum atomic E-state index is 4.83. The molecule has 0 bridgehead atoms. The van der Waals surface area contributed by atoms with Crippen LogP contribution in [0.5, 0.6) is 0 Å². The molecule has 24 heavy (non-hydrogen) atoms. The van der Waals surface area contributed by atoms with Gasteiger partial charge in [0.1, 0.15) is 0 Å². The van der Waals surface area contributed by atoms with E-state index in [0.29, 0.717) is 0 Å². The number of pyridine rings is 1. The van der Waals surface area contributed by atoms with Crippen molar-refractivity contribution in [1.29, 1.82) is 0 Å². The SMILES string of the molecule is Cc1ccc(-n2nc(-c3ccccc3)cc2-c2ccccc2)cn1. The first-order valence-electron chi connectivity index (χ1n) is 7.95. The Morgan fingerprint density at radius 2 is 1.42 bits per heavy atom. The molecule has 3 nitrogen and oxygen atoms in total. The predicted molar refractivity (Wildman–Crippen MR) is 97.0 cm³/mol. The van der Waals surface area contributed by atoms with E-state index in [0.717, 1.165) is 33.9 Å². The highest BCUT2D eigenvalue weighted by Gasteiger charge is 2.13. The third-order valence-corrected chi connectivity index (χ3v) is 3.99. The number of rotatable bonds is 3. The lowest BCUT2D eigenvalue weighted by Crippen LogP contribution is -2.00. The number of benzene rings is 2. The summed E-state index contributed by atoms with van der Waals surface area (Å²) in [4.78, 5) is 4.41. The quantitative estimate of drug-likeness (QED) is 0.538. The third kappa shape index (κ3) is 2.72. The highest BCUT2D eigenvalue weighted by atomic mass is 15.3. The molecule has 4 aromatic rings.